The standard InChI is InChI=1S/C16H18Cl2N2O4S/c1-3-15(21)19-9-11-5-4-8-20(11)14-7-6-13(17)12(16(14)18)10-24-25(2,22)23/h4-8H,3,9-10H2,1-2H3,(H,19,21). The predicted molar refractivity (Wildman–Crippen MR) is 97.6 cm³/mol. The smallest absolute Gasteiger partial charge is 0.264 e. The normalized spacial score (nSPS) is 11.5. The van der Waals surface area contributed by atoms with Gasteiger partial charge in [0.1, 0.15) is 0 Å². The van der Waals surface area contributed by atoms with Gasteiger partial charge in [-0.3, -0.25) is 8.98 Å². The molecule has 2 rings (SSSR count). The summed E-state index contributed by atoms with van der Waals surface area (Å²) >= 11 is 12.6. The summed E-state index contributed by atoms with van der Waals surface area (Å²) in [5.74, 6) is -0.0582. The van der Waals surface area contributed by atoms with Gasteiger partial charge in [-0.05, 0) is 24.3 Å². The summed E-state index contributed by atoms with van der Waals surface area (Å²) in [6.07, 6.45) is 3.15. The molecule has 0 atom stereocenters. The van der Waals surface area contributed by atoms with Gasteiger partial charge in [-0.2, -0.15) is 8.42 Å². The Morgan fingerprint density at radius 3 is 2.64 bits per heavy atom. The zero-order valence-corrected chi connectivity index (χ0v) is 16.1. The molecule has 1 heterocycles. The lowest BCUT2D eigenvalue weighted by molar-refractivity contribution is -0.120. The van der Waals surface area contributed by atoms with Crippen molar-refractivity contribution >= 4 is 39.2 Å². The molecule has 1 aromatic heterocycles. The number of hydrogen-bond donors (Lipinski definition) is 1. The van der Waals surface area contributed by atoms with Crippen LogP contribution < -0.4 is 5.32 Å². The molecule has 136 valence electrons. The van der Waals surface area contributed by atoms with E-state index in [1.807, 2.05) is 12.1 Å². The third-order valence-corrected chi connectivity index (χ3v) is 4.79. The van der Waals surface area contributed by atoms with Crippen LogP contribution in [0.4, 0.5) is 0 Å². The topological polar surface area (TPSA) is 77.4 Å². The van der Waals surface area contributed by atoms with Crippen LogP contribution in [0.3, 0.4) is 0 Å². The van der Waals surface area contributed by atoms with Gasteiger partial charge in [-0.1, -0.05) is 30.1 Å². The van der Waals surface area contributed by atoms with Crippen molar-refractivity contribution in [1.82, 2.24) is 9.88 Å². The second kappa shape index (κ2) is 8.23. The Balaban J connectivity index is 2.35. The molecule has 0 fully saturated rings. The Labute approximate surface area is 156 Å². The van der Waals surface area contributed by atoms with E-state index in [0.717, 1.165) is 11.9 Å². The van der Waals surface area contributed by atoms with Crippen LogP contribution in [0.5, 0.6) is 0 Å². The number of hydrogen-bond acceptors (Lipinski definition) is 4. The number of nitrogens with zero attached hydrogens (tertiary/aromatic N) is 1. The van der Waals surface area contributed by atoms with Crippen LogP contribution in [0.1, 0.15) is 24.6 Å². The van der Waals surface area contributed by atoms with Crippen LogP contribution in [-0.2, 0) is 32.2 Å². The van der Waals surface area contributed by atoms with Crippen molar-refractivity contribution in [2.24, 2.45) is 0 Å². The van der Waals surface area contributed by atoms with Gasteiger partial charge in [0.05, 0.1) is 30.1 Å². The SMILES string of the molecule is CCC(=O)NCc1cccn1-c1ccc(Cl)c(COS(C)(=O)=O)c1Cl. The third kappa shape index (κ3) is 5.22. The van der Waals surface area contributed by atoms with E-state index in [4.69, 9.17) is 27.4 Å². The van der Waals surface area contributed by atoms with E-state index in [-0.39, 0.29) is 17.5 Å². The fourth-order valence-electron chi connectivity index (χ4n) is 2.18. The summed E-state index contributed by atoms with van der Waals surface area (Å²) in [6.45, 7) is 1.86. The molecular formula is C16H18Cl2N2O4S. The van der Waals surface area contributed by atoms with Gasteiger partial charge in [0, 0.05) is 28.9 Å². The Hall–Kier alpha value is -1.54. The number of benzene rings is 1. The second-order valence-corrected chi connectivity index (χ2v) is 7.75. The van der Waals surface area contributed by atoms with Crippen molar-refractivity contribution < 1.29 is 17.4 Å². The number of nitrogens with one attached hydrogen (secondary N) is 1. The highest BCUT2D eigenvalue weighted by atomic mass is 35.5. The first kappa shape index (κ1) is 19.8. The Morgan fingerprint density at radius 1 is 1.28 bits per heavy atom. The summed E-state index contributed by atoms with van der Waals surface area (Å²) in [7, 11) is -3.62. The maximum atomic E-state index is 11.5. The van der Waals surface area contributed by atoms with Crippen LogP contribution in [0.15, 0.2) is 30.5 Å². The molecule has 0 aliphatic heterocycles. The minimum atomic E-state index is -3.62. The first-order valence-corrected chi connectivity index (χ1v) is 10.0. The lowest BCUT2D eigenvalue weighted by Crippen LogP contribution is -2.22. The molecule has 9 heteroatoms. The summed E-state index contributed by atoms with van der Waals surface area (Å²) < 4.78 is 29.1. The molecule has 1 amide bonds. The zero-order valence-electron chi connectivity index (χ0n) is 13.8. The van der Waals surface area contributed by atoms with E-state index in [1.54, 1.807) is 29.8 Å². The Bertz CT molecular complexity index is 878. The number of halogens is 2. The van der Waals surface area contributed by atoms with Crippen molar-refractivity contribution in [3.63, 3.8) is 0 Å². The zero-order chi connectivity index (χ0) is 18.6. The van der Waals surface area contributed by atoms with Crippen molar-refractivity contribution in [1.29, 1.82) is 0 Å². The Morgan fingerprint density at radius 2 is 2.00 bits per heavy atom. The van der Waals surface area contributed by atoms with Crippen LogP contribution >= 0.6 is 23.2 Å². The molecule has 0 radical (unpaired) electrons. The van der Waals surface area contributed by atoms with E-state index in [2.05, 4.69) is 5.32 Å². The maximum Gasteiger partial charge on any atom is 0.264 e. The molecule has 0 saturated carbocycles. The summed E-state index contributed by atoms with van der Waals surface area (Å²) in [5.41, 5.74) is 1.81. The molecule has 0 spiro atoms. The molecule has 25 heavy (non-hydrogen) atoms. The summed E-state index contributed by atoms with van der Waals surface area (Å²) in [4.78, 5) is 11.5. The number of aromatic nitrogens is 1. The molecule has 0 bridgehead atoms. The minimum Gasteiger partial charge on any atom is -0.351 e. The van der Waals surface area contributed by atoms with Gasteiger partial charge in [0.25, 0.3) is 10.1 Å². The predicted octanol–water partition coefficient (Wildman–Crippen LogP) is 3.29. The van der Waals surface area contributed by atoms with E-state index in [9.17, 15) is 13.2 Å². The van der Waals surface area contributed by atoms with Gasteiger partial charge in [0.15, 0.2) is 0 Å². The molecule has 0 aliphatic carbocycles. The molecule has 6 nitrogen and oxygen atoms in total. The first-order valence-electron chi connectivity index (χ1n) is 7.47. The van der Waals surface area contributed by atoms with Crippen LogP contribution in [-0.4, -0.2) is 25.1 Å². The Kier molecular flexibility index (Phi) is 6.51. The number of rotatable bonds is 7. The van der Waals surface area contributed by atoms with Crippen LogP contribution in [0.2, 0.25) is 10.0 Å². The average Bonchev–Trinajstić information content (AvgIpc) is 2.99. The summed E-state index contributed by atoms with van der Waals surface area (Å²) in [5, 5.41) is 3.40. The molecule has 2 aromatic rings. The lowest BCUT2D eigenvalue weighted by Gasteiger charge is -2.15. The maximum absolute atomic E-state index is 11.5. The average molecular weight is 405 g/mol. The van der Waals surface area contributed by atoms with E-state index < -0.39 is 10.1 Å². The minimum absolute atomic E-state index is 0.0582. The van der Waals surface area contributed by atoms with Gasteiger partial charge in [0.2, 0.25) is 5.91 Å². The first-order chi connectivity index (χ1) is 11.7. The van der Waals surface area contributed by atoms with Crippen molar-refractivity contribution in [2.75, 3.05) is 6.26 Å². The number of carbonyl (C=O) groups excluding carboxylic acids is 1. The van der Waals surface area contributed by atoms with Crippen molar-refractivity contribution in [3.8, 4) is 5.69 Å². The highest BCUT2D eigenvalue weighted by Crippen LogP contribution is 2.32. The largest absolute Gasteiger partial charge is 0.351 e. The molecule has 1 aromatic carbocycles. The molecular weight excluding hydrogens is 387 g/mol. The van der Waals surface area contributed by atoms with Gasteiger partial charge < -0.3 is 9.88 Å². The van der Waals surface area contributed by atoms with Gasteiger partial charge >= 0.3 is 0 Å². The molecule has 0 aliphatic rings. The van der Waals surface area contributed by atoms with Crippen LogP contribution in [0, 0.1) is 0 Å². The number of amides is 1. The highest BCUT2D eigenvalue weighted by Gasteiger charge is 2.16. The fraction of sp³-hybridized carbons (Fsp3) is 0.312. The van der Waals surface area contributed by atoms with Gasteiger partial charge in [-0.15, -0.1) is 0 Å². The third-order valence-electron chi connectivity index (χ3n) is 3.46. The molecule has 1 N–H and O–H groups in total. The monoisotopic (exact) mass is 404 g/mol. The van der Waals surface area contributed by atoms with Crippen molar-refractivity contribution in [3.05, 3.63) is 51.8 Å². The fourth-order valence-corrected chi connectivity index (χ4v) is 3.08. The van der Waals surface area contributed by atoms with Crippen molar-refractivity contribution in [2.45, 2.75) is 26.5 Å². The van der Waals surface area contributed by atoms with E-state index in [0.29, 0.717) is 29.2 Å². The second-order valence-electron chi connectivity index (χ2n) is 5.33. The van der Waals surface area contributed by atoms with E-state index in [1.165, 1.54) is 0 Å². The summed E-state index contributed by atoms with van der Waals surface area (Å²) in [6, 6.07) is 7.02. The lowest BCUT2D eigenvalue weighted by atomic mass is 10.2. The number of carbonyl (C=O) groups is 1. The quantitative estimate of drug-likeness (QED) is 0.718. The highest BCUT2D eigenvalue weighted by molar-refractivity contribution is 7.85. The van der Waals surface area contributed by atoms with Crippen LogP contribution in [0.25, 0.3) is 5.69 Å². The molecule has 0 saturated heterocycles. The van der Waals surface area contributed by atoms with E-state index >= 15 is 0 Å². The van der Waals surface area contributed by atoms with Gasteiger partial charge in [-0.25, -0.2) is 0 Å². The molecule has 0 unspecified atom stereocenters.